The third-order valence-corrected chi connectivity index (χ3v) is 5.38. The first-order chi connectivity index (χ1) is 17.4. The van der Waals surface area contributed by atoms with Crippen LogP contribution in [0.1, 0.15) is 18.9 Å². The first kappa shape index (κ1) is 26.5. The number of likely N-dealkylation sites (N-methyl/N-ethyl adjacent to an activating group) is 1. The molecule has 0 radical (unpaired) electrons. The number of aromatic nitrogens is 6. The molecule has 3 heterocycles. The quantitative estimate of drug-likeness (QED) is 0.275. The van der Waals surface area contributed by atoms with Gasteiger partial charge in [0.2, 0.25) is 17.6 Å². The molecule has 14 heteroatoms. The highest BCUT2D eigenvalue weighted by atomic mass is 16.5. The number of hydrogen-bond acceptors (Lipinski definition) is 12. The third-order valence-electron chi connectivity index (χ3n) is 5.38. The predicted molar refractivity (Wildman–Crippen MR) is 133 cm³/mol. The highest BCUT2D eigenvalue weighted by Crippen LogP contribution is 2.38. The lowest BCUT2D eigenvalue weighted by atomic mass is 10.3. The molecule has 3 rings (SSSR count). The van der Waals surface area contributed by atoms with Crippen molar-refractivity contribution in [3.63, 3.8) is 0 Å². The summed E-state index contributed by atoms with van der Waals surface area (Å²) in [4.78, 5) is 13.2. The first-order valence-electron chi connectivity index (χ1n) is 11.2. The number of aromatic amines is 1. The van der Waals surface area contributed by atoms with Crippen molar-refractivity contribution in [2.24, 2.45) is 10.2 Å². The van der Waals surface area contributed by atoms with Crippen molar-refractivity contribution in [2.75, 3.05) is 65.0 Å². The van der Waals surface area contributed by atoms with Gasteiger partial charge in [-0.2, -0.15) is 20.3 Å². The zero-order valence-corrected chi connectivity index (χ0v) is 21.3. The Labute approximate surface area is 209 Å². The zero-order chi connectivity index (χ0) is 26.1. The van der Waals surface area contributed by atoms with E-state index >= 15 is 0 Å². The monoisotopic (exact) mass is 497 g/mol. The molecule has 1 unspecified atom stereocenters. The Bertz CT molecular complexity index is 1190. The van der Waals surface area contributed by atoms with Crippen molar-refractivity contribution in [3.8, 4) is 17.8 Å². The van der Waals surface area contributed by atoms with Crippen LogP contribution in [0.15, 0.2) is 28.7 Å². The molecule has 3 aromatic heterocycles. The molecule has 0 bridgehead atoms. The van der Waals surface area contributed by atoms with Crippen molar-refractivity contribution < 1.29 is 14.2 Å². The second-order valence-electron chi connectivity index (χ2n) is 7.94. The Balaban J connectivity index is 2.04. The Morgan fingerprint density at radius 3 is 2.64 bits per heavy atom. The summed E-state index contributed by atoms with van der Waals surface area (Å²) in [6, 6.07) is 3.82. The van der Waals surface area contributed by atoms with Gasteiger partial charge in [-0.3, -0.25) is 5.10 Å². The maximum atomic E-state index is 9.57. The molecule has 14 nitrogen and oxygen atoms in total. The highest BCUT2D eigenvalue weighted by molar-refractivity contribution is 5.69. The summed E-state index contributed by atoms with van der Waals surface area (Å²) in [6.45, 7) is 3.74. The van der Waals surface area contributed by atoms with Gasteiger partial charge in [-0.1, -0.05) is 0 Å². The van der Waals surface area contributed by atoms with Crippen molar-refractivity contribution in [2.45, 2.75) is 19.4 Å². The number of anilines is 2. The standard InChI is InChI=1S/C22H31N11O3/c1-15(14-35-5)32(3)22-25-20(31(2)10-7-11-34-4)18(21(26-22)36-6)28-29-19-16(12-23)13-33(30-19)17-8-9-24-27-17/h8-9,13,15H,7,10-11,14H2,1-6H3,(H,24,27). The molecule has 0 aliphatic rings. The van der Waals surface area contributed by atoms with E-state index in [9.17, 15) is 5.26 Å². The molecule has 0 aliphatic heterocycles. The van der Waals surface area contributed by atoms with Crippen LogP contribution in [0, 0.1) is 11.3 Å². The number of azo groups is 1. The Hall–Kier alpha value is -4.09. The molecule has 0 saturated heterocycles. The van der Waals surface area contributed by atoms with Gasteiger partial charge in [0.25, 0.3) is 0 Å². The van der Waals surface area contributed by atoms with Crippen molar-refractivity contribution in [3.05, 3.63) is 24.0 Å². The molecule has 0 aliphatic carbocycles. The van der Waals surface area contributed by atoms with Crippen LogP contribution in [0.4, 0.5) is 23.3 Å². The second-order valence-corrected chi connectivity index (χ2v) is 7.94. The fourth-order valence-electron chi connectivity index (χ4n) is 3.28. The largest absolute Gasteiger partial charge is 0.479 e. The first-order valence-corrected chi connectivity index (χ1v) is 11.2. The highest BCUT2D eigenvalue weighted by Gasteiger charge is 2.23. The normalized spacial score (nSPS) is 12.0. The van der Waals surface area contributed by atoms with Crippen molar-refractivity contribution in [1.29, 1.82) is 5.26 Å². The van der Waals surface area contributed by atoms with Crippen LogP contribution < -0.4 is 14.5 Å². The molecule has 0 spiro atoms. The van der Waals surface area contributed by atoms with Gasteiger partial charge in [-0.15, -0.1) is 15.3 Å². The molecule has 0 saturated carbocycles. The number of nitrogens with zero attached hydrogens (tertiary/aromatic N) is 10. The SMILES string of the molecule is COCCCN(C)c1nc(N(C)C(C)COC)nc(OC)c1N=Nc1nn(-c2cc[nH]n2)cc1C#N. The van der Waals surface area contributed by atoms with Crippen LogP contribution in [-0.4, -0.2) is 91.2 Å². The summed E-state index contributed by atoms with van der Waals surface area (Å²) in [5.74, 6) is 1.84. The number of nitriles is 1. The fraction of sp³-hybridized carbons (Fsp3) is 0.500. The number of methoxy groups -OCH3 is 3. The van der Waals surface area contributed by atoms with Gasteiger partial charge in [-0.25, -0.2) is 4.68 Å². The molecule has 0 amide bonds. The van der Waals surface area contributed by atoms with E-state index in [1.165, 1.54) is 18.0 Å². The second kappa shape index (κ2) is 12.6. The molecule has 0 aromatic carbocycles. The molecule has 3 aromatic rings. The summed E-state index contributed by atoms with van der Waals surface area (Å²) >= 11 is 0. The third kappa shape index (κ3) is 6.12. The number of hydrogen-bond donors (Lipinski definition) is 1. The van der Waals surface area contributed by atoms with Gasteiger partial charge in [0.1, 0.15) is 11.6 Å². The lowest BCUT2D eigenvalue weighted by molar-refractivity contribution is 0.183. The lowest BCUT2D eigenvalue weighted by Gasteiger charge is -2.27. The van der Waals surface area contributed by atoms with E-state index in [1.54, 1.807) is 26.5 Å². The van der Waals surface area contributed by atoms with Gasteiger partial charge >= 0.3 is 0 Å². The number of ether oxygens (including phenoxy) is 3. The molecule has 36 heavy (non-hydrogen) atoms. The van der Waals surface area contributed by atoms with E-state index in [2.05, 4.69) is 36.6 Å². The molecular formula is C22H31N11O3. The van der Waals surface area contributed by atoms with E-state index in [0.717, 1.165) is 6.42 Å². The van der Waals surface area contributed by atoms with E-state index in [-0.39, 0.29) is 23.3 Å². The smallest absolute Gasteiger partial charge is 0.248 e. The van der Waals surface area contributed by atoms with Crippen LogP contribution in [0.2, 0.25) is 0 Å². The maximum Gasteiger partial charge on any atom is 0.248 e. The molecule has 192 valence electrons. The maximum absolute atomic E-state index is 9.57. The van der Waals surface area contributed by atoms with E-state index in [1.807, 2.05) is 30.8 Å². The summed E-state index contributed by atoms with van der Waals surface area (Å²) in [5.41, 5.74) is 0.550. The minimum absolute atomic E-state index is 0.0167. The molecular weight excluding hydrogens is 466 g/mol. The minimum atomic E-state index is 0.0167. The Morgan fingerprint density at radius 2 is 2.00 bits per heavy atom. The topological polar surface area (TPSA) is 155 Å². The average molecular weight is 498 g/mol. The summed E-state index contributed by atoms with van der Waals surface area (Å²) < 4.78 is 17.5. The van der Waals surface area contributed by atoms with Gasteiger partial charge < -0.3 is 24.0 Å². The zero-order valence-electron chi connectivity index (χ0n) is 21.3. The van der Waals surface area contributed by atoms with Crippen LogP contribution in [0.25, 0.3) is 5.82 Å². The van der Waals surface area contributed by atoms with E-state index in [0.29, 0.717) is 43.0 Å². The van der Waals surface area contributed by atoms with Gasteiger partial charge in [0, 0.05) is 53.7 Å². The molecule has 1 atom stereocenters. The number of rotatable bonds is 13. The Kier molecular flexibility index (Phi) is 9.25. The predicted octanol–water partition coefficient (Wildman–Crippen LogP) is 2.62. The van der Waals surface area contributed by atoms with Crippen molar-refractivity contribution >= 4 is 23.3 Å². The lowest BCUT2D eigenvalue weighted by Crippen LogP contribution is -2.34. The number of H-pyrrole nitrogens is 1. The number of nitrogens with one attached hydrogen (secondary N) is 1. The van der Waals surface area contributed by atoms with Crippen LogP contribution in [-0.2, 0) is 9.47 Å². The van der Waals surface area contributed by atoms with E-state index < -0.39 is 0 Å². The average Bonchev–Trinajstić information content (AvgIpc) is 3.56. The van der Waals surface area contributed by atoms with Crippen LogP contribution >= 0.6 is 0 Å². The fourth-order valence-corrected chi connectivity index (χ4v) is 3.28. The van der Waals surface area contributed by atoms with Crippen molar-refractivity contribution in [1.82, 2.24) is 29.9 Å². The van der Waals surface area contributed by atoms with Gasteiger partial charge in [0.05, 0.1) is 26.0 Å². The van der Waals surface area contributed by atoms with Gasteiger partial charge in [-0.05, 0) is 13.3 Å². The molecule has 0 fully saturated rings. The van der Waals surface area contributed by atoms with E-state index in [4.69, 9.17) is 19.2 Å². The van der Waals surface area contributed by atoms with Crippen LogP contribution in [0.3, 0.4) is 0 Å². The summed E-state index contributed by atoms with van der Waals surface area (Å²) in [5, 5.41) is 29.3. The summed E-state index contributed by atoms with van der Waals surface area (Å²) in [7, 11) is 8.59. The van der Waals surface area contributed by atoms with Crippen LogP contribution in [0.5, 0.6) is 5.88 Å². The minimum Gasteiger partial charge on any atom is -0.479 e. The molecule has 1 N–H and O–H groups in total. The van der Waals surface area contributed by atoms with Gasteiger partial charge in [0.15, 0.2) is 17.3 Å². The Morgan fingerprint density at radius 1 is 1.19 bits per heavy atom. The summed E-state index contributed by atoms with van der Waals surface area (Å²) in [6.07, 6.45) is 3.96.